The first-order valence-corrected chi connectivity index (χ1v) is 8.67. The standard InChI is InChI=1S/C22H24N3/c1-15-16(17-9-5-7-11-19(17)25(15)23)13-14-21-22(2,3)18-10-6-8-12-20(18)24(21)4/h5-14H,23H2,1-4H3/q+1. The van der Waals surface area contributed by atoms with Gasteiger partial charge in [0.1, 0.15) is 7.05 Å². The summed E-state index contributed by atoms with van der Waals surface area (Å²) in [4.78, 5) is 0. The second-order valence-corrected chi connectivity index (χ2v) is 7.31. The van der Waals surface area contributed by atoms with Crippen molar-refractivity contribution < 1.29 is 4.58 Å². The van der Waals surface area contributed by atoms with E-state index in [9.17, 15) is 0 Å². The Kier molecular flexibility index (Phi) is 3.36. The number of para-hydroxylation sites is 2. The fraction of sp³-hybridized carbons (Fsp3) is 0.227. The summed E-state index contributed by atoms with van der Waals surface area (Å²) < 4.78 is 4.07. The van der Waals surface area contributed by atoms with Crippen LogP contribution in [0.4, 0.5) is 5.69 Å². The fourth-order valence-corrected chi connectivity index (χ4v) is 4.09. The molecule has 0 saturated heterocycles. The normalized spacial score (nSPS) is 16.2. The lowest BCUT2D eigenvalue weighted by atomic mass is 9.81. The number of allylic oxidation sites excluding steroid dienone is 1. The number of fused-ring (bicyclic) bond motifs is 2. The highest BCUT2D eigenvalue weighted by molar-refractivity contribution is 6.06. The van der Waals surface area contributed by atoms with E-state index in [0.717, 1.165) is 11.2 Å². The van der Waals surface area contributed by atoms with E-state index in [1.165, 1.54) is 27.9 Å². The van der Waals surface area contributed by atoms with E-state index in [4.69, 9.17) is 5.84 Å². The summed E-state index contributed by atoms with van der Waals surface area (Å²) in [6, 6.07) is 16.9. The molecule has 0 bridgehead atoms. The molecule has 2 N–H and O–H groups in total. The van der Waals surface area contributed by atoms with Gasteiger partial charge in [0.25, 0.3) is 0 Å². The Morgan fingerprint density at radius 1 is 1.00 bits per heavy atom. The summed E-state index contributed by atoms with van der Waals surface area (Å²) in [5.41, 5.74) is 7.26. The third kappa shape index (κ3) is 2.15. The Morgan fingerprint density at radius 2 is 1.68 bits per heavy atom. The van der Waals surface area contributed by atoms with Gasteiger partial charge in [0.15, 0.2) is 5.71 Å². The van der Waals surface area contributed by atoms with Crippen molar-refractivity contribution in [2.24, 2.45) is 0 Å². The zero-order valence-corrected chi connectivity index (χ0v) is 15.2. The molecule has 0 amide bonds. The molecule has 0 fully saturated rings. The molecule has 1 aliphatic heterocycles. The zero-order chi connectivity index (χ0) is 17.8. The average Bonchev–Trinajstić information content (AvgIpc) is 2.97. The van der Waals surface area contributed by atoms with Crippen LogP contribution < -0.4 is 5.84 Å². The van der Waals surface area contributed by atoms with Crippen LogP contribution in [-0.4, -0.2) is 22.0 Å². The number of nitrogens with zero attached hydrogens (tertiary/aromatic N) is 2. The van der Waals surface area contributed by atoms with Crippen LogP contribution in [0.5, 0.6) is 0 Å². The number of nitrogen functional groups attached to an aromatic ring is 1. The predicted molar refractivity (Wildman–Crippen MR) is 106 cm³/mol. The van der Waals surface area contributed by atoms with Crippen LogP contribution in [0.15, 0.2) is 54.6 Å². The fourth-order valence-electron chi connectivity index (χ4n) is 4.09. The van der Waals surface area contributed by atoms with E-state index in [1.54, 1.807) is 4.68 Å². The van der Waals surface area contributed by atoms with Crippen LogP contribution in [0.2, 0.25) is 0 Å². The largest absolute Gasteiger partial charge is 0.339 e. The van der Waals surface area contributed by atoms with E-state index < -0.39 is 0 Å². The lowest BCUT2D eigenvalue weighted by Gasteiger charge is -2.15. The topological polar surface area (TPSA) is 34.0 Å². The van der Waals surface area contributed by atoms with E-state index in [2.05, 4.69) is 87.0 Å². The molecule has 3 heteroatoms. The van der Waals surface area contributed by atoms with E-state index in [1.807, 2.05) is 6.07 Å². The second kappa shape index (κ2) is 5.35. The molecule has 2 aromatic carbocycles. The molecule has 2 heterocycles. The monoisotopic (exact) mass is 330 g/mol. The molecule has 1 aliphatic rings. The Labute approximate surface area is 148 Å². The Morgan fingerprint density at radius 3 is 2.44 bits per heavy atom. The van der Waals surface area contributed by atoms with Crippen molar-refractivity contribution in [3.63, 3.8) is 0 Å². The Balaban J connectivity index is 1.85. The number of rotatable bonds is 2. The number of hydrogen-bond donors (Lipinski definition) is 1. The van der Waals surface area contributed by atoms with Gasteiger partial charge in [-0.2, -0.15) is 4.58 Å². The van der Waals surface area contributed by atoms with E-state index >= 15 is 0 Å². The highest BCUT2D eigenvalue weighted by atomic mass is 15.3. The van der Waals surface area contributed by atoms with Crippen LogP contribution in [0, 0.1) is 6.92 Å². The number of hydrogen-bond acceptors (Lipinski definition) is 1. The van der Waals surface area contributed by atoms with Gasteiger partial charge in [0.2, 0.25) is 5.69 Å². The maximum atomic E-state index is 6.24. The van der Waals surface area contributed by atoms with Crippen LogP contribution >= 0.6 is 0 Å². The van der Waals surface area contributed by atoms with Crippen molar-refractivity contribution in [3.8, 4) is 0 Å². The smallest absolute Gasteiger partial charge is 0.209 e. The van der Waals surface area contributed by atoms with Crippen molar-refractivity contribution in [1.29, 1.82) is 0 Å². The van der Waals surface area contributed by atoms with Gasteiger partial charge in [0.05, 0.1) is 10.9 Å². The van der Waals surface area contributed by atoms with Crippen molar-refractivity contribution in [3.05, 3.63) is 71.4 Å². The van der Waals surface area contributed by atoms with Gasteiger partial charge in [-0.05, 0) is 32.9 Å². The summed E-state index contributed by atoms with van der Waals surface area (Å²) in [5.74, 6) is 6.24. The Bertz CT molecular complexity index is 1050. The molecule has 4 rings (SSSR count). The number of benzene rings is 2. The molecule has 3 nitrogen and oxygen atoms in total. The van der Waals surface area contributed by atoms with E-state index in [-0.39, 0.29) is 5.41 Å². The summed E-state index contributed by atoms with van der Waals surface area (Å²) in [7, 11) is 2.15. The molecule has 0 aliphatic carbocycles. The zero-order valence-electron chi connectivity index (χ0n) is 15.2. The molecule has 3 aromatic rings. The van der Waals surface area contributed by atoms with Crippen molar-refractivity contribution >= 4 is 28.4 Å². The molecule has 0 unspecified atom stereocenters. The summed E-state index contributed by atoms with van der Waals surface area (Å²) in [6.07, 6.45) is 4.45. The van der Waals surface area contributed by atoms with Crippen LogP contribution in [0.1, 0.15) is 30.7 Å². The van der Waals surface area contributed by atoms with Crippen molar-refractivity contribution in [1.82, 2.24) is 4.68 Å². The van der Waals surface area contributed by atoms with Gasteiger partial charge >= 0.3 is 0 Å². The molecule has 126 valence electrons. The molecular formula is C22H24N3+. The summed E-state index contributed by atoms with van der Waals surface area (Å²) >= 11 is 0. The third-order valence-electron chi connectivity index (χ3n) is 5.55. The van der Waals surface area contributed by atoms with Gasteiger partial charge < -0.3 is 5.84 Å². The van der Waals surface area contributed by atoms with Gasteiger partial charge in [0, 0.05) is 34.3 Å². The molecule has 0 atom stereocenters. The van der Waals surface area contributed by atoms with Gasteiger partial charge in [-0.3, -0.25) is 4.68 Å². The number of nitrogens with two attached hydrogens (primary N) is 1. The SMILES string of the molecule is Cc1c(C=CC2=[N+](C)c3ccccc3C2(C)C)c2ccccc2n1N. The van der Waals surface area contributed by atoms with Gasteiger partial charge in [-0.1, -0.05) is 36.4 Å². The summed E-state index contributed by atoms with van der Waals surface area (Å²) in [5, 5.41) is 1.19. The maximum absolute atomic E-state index is 6.24. The lowest BCUT2D eigenvalue weighted by molar-refractivity contribution is -0.401. The lowest BCUT2D eigenvalue weighted by Crippen LogP contribution is -2.26. The molecule has 25 heavy (non-hydrogen) atoms. The molecular weight excluding hydrogens is 306 g/mol. The maximum Gasteiger partial charge on any atom is 0.209 e. The minimum absolute atomic E-state index is 0.0170. The molecule has 0 spiro atoms. The Hall–Kier alpha value is -2.81. The second-order valence-electron chi connectivity index (χ2n) is 7.31. The van der Waals surface area contributed by atoms with Crippen LogP contribution in [0.25, 0.3) is 17.0 Å². The molecule has 1 aromatic heterocycles. The number of aromatic nitrogens is 1. The van der Waals surface area contributed by atoms with Crippen LogP contribution in [0.3, 0.4) is 0 Å². The molecule has 0 saturated carbocycles. The minimum atomic E-state index is -0.0170. The summed E-state index contributed by atoms with van der Waals surface area (Å²) in [6.45, 7) is 6.64. The van der Waals surface area contributed by atoms with Gasteiger partial charge in [-0.15, -0.1) is 0 Å². The van der Waals surface area contributed by atoms with Crippen molar-refractivity contribution in [2.45, 2.75) is 26.2 Å². The first-order chi connectivity index (χ1) is 11.9. The van der Waals surface area contributed by atoms with Crippen molar-refractivity contribution in [2.75, 3.05) is 12.9 Å². The van der Waals surface area contributed by atoms with Crippen LogP contribution in [-0.2, 0) is 5.41 Å². The molecule has 0 radical (unpaired) electrons. The predicted octanol–water partition coefficient (Wildman–Crippen LogP) is 4.38. The first kappa shape index (κ1) is 15.7. The minimum Gasteiger partial charge on any atom is -0.339 e. The van der Waals surface area contributed by atoms with Gasteiger partial charge in [-0.25, -0.2) is 0 Å². The highest BCUT2D eigenvalue weighted by Crippen LogP contribution is 2.39. The third-order valence-corrected chi connectivity index (χ3v) is 5.55. The highest BCUT2D eigenvalue weighted by Gasteiger charge is 2.42. The van der Waals surface area contributed by atoms with E-state index in [0.29, 0.717) is 0 Å². The quantitative estimate of drug-likeness (QED) is 0.549. The first-order valence-electron chi connectivity index (χ1n) is 8.67. The average molecular weight is 330 g/mol.